The fourth-order valence-corrected chi connectivity index (χ4v) is 1.21. The maximum atomic E-state index is 13.2. The number of nitrogens with zero attached hydrogens (tertiary/aromatic N) is 2. The third kappa shape index (κ3) is 2.40. The van der Waals surface area contributed by atoms with Gasteiger partial charge in [0.1, 0.15) is 5.75 Å². The summed E-state index contributed by atoms with van der Waals surface area (Å²) in [6, 6.07) is 7.89. The molecule has 1 aromatic carbocycles. The van der Waals surface area contributed by atoms with E-state index in [0.717, 1.165) is 0 Å². The SMILES string of the molecule is N#Cc1ccc(Oc2nc(F)c(F)cc2F)cc1. The van der Waals surface area contributed by atoms with E-state index in [1.165, 1.54) is 24.3 Å². The number of nitriles is 1. The second-order valence-corrected chi connectivity index (χ2v) is 3.29. The first-order valence-electron chi connectivity index (χ1n) is 4.79. The number of halogens is 3. The predicted molar refractivity (Wildman–Crippen MR) is 55.3 cm³/mol. The molecule has 0 atom stereocenters. The maximum absolute atomic E-state index is 13.2. The van der Waals surface area contributed by atoms with Crippen molar-refractivity contribution in [1.82, 2.24) is 4.98 Å². The Bertz CT molecular complexity index is 620. The van der Waals surface area contributed by atoms with Gasteiger partial charge in [0.2, 0.25) is 0 Å². The molecule has 90 valence electrons. The molecule has 0 radical (unpaired) electrons. The minimum absolute atomic E-state index is 0.159. The molecule has 0 saturated heterocycles. The molecule has 6 heteroatoms. The van der Waals surface area contributed by atoms with Crippen molar-refractivity contribution in [3.05, 3.63) is 53.5 Å². The number of hydrogen-bond donors (Lipinski definition) is 0. The fourth-order valence-electron chi connectivity index (χ4n) is 1.21. The van der Waals surface area contributed by atoms with Crippen molar-refractivity contribution >= 4 is 0 Å². The van der Waals surface area contributed by atoms with Crippen LogP contribution >= 0.6 is 0 Å². The third-order valence-electron chi connectivity index (χ3n) is 2.05. The average Bonchev–Trinajstić information content (AvgIpc) is 2.37. The van der Waals surface area contributed by atoms with Crippen LogP contribution in [-0.2, 0) is 0 Å². The van der Waals surface area contributed by atoms with E-state index >= 15 is 0 Å². The zero-order valence-corrected chi connectivity index (χ0v) is 8.82. The summed E-state index contributed by atoms with van der Waals surface area (Å²) >= 11 is 0. The smallest absolute Gasteiger partial charge is 0.258 e. The second-order valence-electron chi connectivity index (χ2n) is 3.29. The van der Waals surface area contributed by atoms with Crippen molar-refractivity contribution in [2.45, 2.75) is 0 Å². The van der Waals surface area contributed by atoms with Crippen LogP contribution in [0.1, 0.15) is 5.56 Å². The first-order valence-corrected chi connectivity index (χ1v) is 4.79. The van der Waals surface area contributed by atoms with Crippen molar-refractivity contribution in [2.24, 2.45) is 0 Å². The molecule has 2 rings (SSSR count). The zero-order valence-electron chi connectivity index (χ0n) is 8.82. The van der Waals surface area contributed by atoms with E-state index in [2.05, 4.69) is 4.98 Å². The summed E-state index contributed by atoms with van der Waals surface area (Å²) in [5, 5.41) is 8.57. The molecule has 2 aromatic rings. The summed E-state index contributed by atoms with van der Waals surface area (Å²) in [6.45, 7) is 0. The Balaban J connectivity index is 2.28. The van der Waals surface area contributed by atoms with Crippen LogP contribution < -0.4 is 4.74 Å². The maximum Gasteiger partial charge on any atom is 0.258 e. The molecule has 0 unspecified atom stereocenters. The van der Waals surface area contributed by atoms with E-state index in [4.69, 9.17) is 10.00 Å². The van der Waals surface area contributed by atoms with Crippen LogP contribution in [0.25, 0.3) is 0 Å². The topological polar surface area (TPSA) is 45.9 Å². The molecular formula is C12H5F3N2O. The molecule has 0 bridgehead atoms. The molecule has 0 aliphatic carbocycles. The van der Waals surface area contributed by atoms with E-state index in [-0.39, 0.29) is 5.75 Å². The molecule has 0 spiro atoms. The first kappa shape index (κ1) is 11.9. The van der Waals surface area contributed by atoms with Crippen molar-refractivity contribution < 1.29 is 17.9 Å². The van der Waals surface area contributed by atoms with E-state index in [0.29, 0.717) is 11.6 Å². The molecule has 18 heavy (non-hydrogen) atoms. The standard InChI is InChI=1S/C12H5F3N2O/c13-9-5-10(14)12(17-11(9)15)18-8-3-1-7(6-16)2-4-8/h1-5H. The van der Waals surface area contributed by atoms with Gasteiger partial charge in [-0.05, 0) is 24.3 Å². The Morgan fingerprint density at radius 1 is 1.06 bits per heavy atom. The van der Waals surface area contributed by atoms with Gasteiger partial charge in [-0.2, -0.15) is 14.6 Å². The van der Waals surface area contributed by atoms with Crippen LogP contribution in [-0.4, -0.2) is 4.98 Å². The van der Waals surface area contributed by atoms with Gasteiger partial charge in [0, 0.05) is 6.07 Å². The normalized spacial score (nSPS) is 9.89. The summed E-state index contributed by atoms with van der Waals surface area (Å²) in [7, 11) is 0. The molecule has 0 aliphatic rings. The lowest BCUT2D eigenvalue weighted by Crippen LogP contribution is -1.97. The average molecular weight is 250 g/mol. The Morgan fingerprint density at radius 3 is 2.33 bits per heavy atom. The number of rotatable bonds is 2. The fraction of sp³-hybridized carbons (Fsp3) is 0. The van der Waals surface area contributed by atoms with Gasteiger partial charge in [-0.25, -0.2) is 8.78 Å². The minimum Gasteiger partial charge on any atom is -0.436 e. The van der Waals surface area contributed by atoms with E-state index < -0.39 is 23.5 Å². The summed E-state index contributed by atoms with van der Waals surface area (Å²) in [6.07, 6.45) is 0. The summed E-state index contributed by atoms with van der Waals surface area (Å²) in [4.78, 5) is 3.01. The number of pyridine rings is 1. The molecule has 0 amide bonds. The minimum atomic E-state index is -1.44. The number of benzene rings is 1. The highest BCUT2D eigenvalue weighted by molar-refractivity contribution is 5.36. The van der Waals surface area contributed by atoms with E-state index in [1.807, 2.05) is 6.07 Å². The Labute approximate surface area is 100 Å². The van der Waals surface area contributed by atoms with Gasteiger partial charge in [-0.15, -0.1) is 0 Å². The highest BCUT2D eigenvalue weighted by Gasteiger charge is 2.13. The summed E-state index contributed by atoms with van der Waals surface area (Å²) in [5.41, 5.74) is 0.390. The van der Waals surface area contributed by atoms with Gasteiger partial charge in [0.05, 0.1) is 11.6 Å². The first-order chi connectivity index (χ1) is 8.60. The van der Waals surface area contributed by atoms with Crippen molar-refractivity contribution in [3.63, 3.8) is 0 Å². The van der Waals surface area contributed by atoms with Gasteiger partial charge in [-0.1, -0.05) is 0 Å². The highest BCUT2D eigenvalue weighted by Crippen LogP contribution is 2.23. The third-order valence-corrected chi connectivity index (χ3v) is 2.05. The Kier molecular flexibility index (Phi) is 3.15. The molecule has 1 heterocycles. The highest BCUT2D eigenvalue weighted by atomic mass is 19.2. The van der Waals surface area contributed by atoms with Crippen LogP contribution in [0.2, 0.25) is 0 Å². The van der Waals surface area contributed by atoms with Gasteiger partial charge >= 0.3 is 0 Å². The summed E-state index contributed by atoms with van der Waals surface area (Å²) in [5.74, 6) is -4.46. The van der Waals surface area contributed by atoms with Gasteiger partial charge in [0.15, 0.2) is 11.6 Å². The molecule has 3 nitrogen and oxygen atoms in total. The molecular weight excluding hydrogens is 245 g/mol. The van der Waals surface area contributed by atoms with Crippen LogP contribution in [0.4, 0.5) is 13.2 Å². The Morgan fingerprint density at radius 2 is 1.72 bits per heavy atom. The number of aromatic nitrogens is 1. The monoisotopic (exact) mass is 250 g/mol. The molecule has 0 aliphatic heterocycles. The number of ether oxygens (including phenoxy) is 1. The molecule has 0 fully saturated rings. The zero-order chi connectivity index (χ0) is 13.1. The van der Waals surface area contributed by atoms with Crippen LogP contribution in [0.3, 0.4) is 0 Å². The second kappa shape index (κ2) is 4.75. The van der Waals surface area contributed by atoms with E-state index in [1.54, 1.807) is 0 Å². The van der Waals surface area contributed by atoms with E-state index in [9.17, 15) is 13.2 Å². The lowest BCUT2D eigenvalue weighted by Gasteiger charge is -2.05. The largest absolute Gasteiger partial charge is 0.436 e. The van der Waals surface area contributed by atoms with Gasteiger partial charge < -0.3 is 4.74 Å². The van der Waals surface area contributed by atoms with Crippen molar-refractivity contribution in [2.75, 3.05) is 0 Å². The molecule has 0 saturated carbocycles. The quantitative estimate of drug-likeness (QED) is 0.769. The molecule has 1 aromatic heterocycles. The number of hydrogen-bond acceptors (Lipinski definition) is 3. The van der Waals surface area contributed by atoms with Gasteiger partial charge in [0.25, 0.3) is 11.8 Å². The molecule has 0 N–H and O–H groups in total. The van der Waals surface area contributed by atoms with Crippen molar-refractivity contribution in [3.8, 4) is 17.7 Å². The van der Waals surface area contributed by atoms with Crippen LogP contribution in [0, 0.1) is 28.9 Å². The summed E-state index contributed by atoms with van der Waals surface area (Å²) < 4.78 is 43.6. The van der Waals surface area contributed by atoms with Crippen LogP contribution in [0.5, 0.6) is 11.6 Å². The lowest BCUT2D eigenvalue weighted by molar-refractivity contribution is 0.387. The Hall–Kier alpha value is -2.55. The van der Waals surface area contributed by atoms with Crippen molar-refractivity contribution in [1.29, 1.82) is 5.26 Å². The van der Waals surface area contributed by atoms with Crippen LogP contribution in [0.15, 0.2) is 30.3 Å². The lowest BCUT2D eigenvalue weighted by atomic mass is 10.2. The predicted octanol–water partition coefficient (Wildman–Crippen LogP) is 3.16. The van der Waals surface area contributed by atoms with Gasteiger partial charge in [-0.3, -0.25) is 0 Å².